The summed E-state index contributed by atoms with van der Waals surface area (Å²) in [6.07, 6.45) is 6.22. The Balaban J connectivity index is 1.87. The fourth-order valence-corrected chi connectivity index (χ4v) is 3.76. The van der Waals surface area contributed by atoms with Crippen LogP contribution in [0.15, 0.2) is 48.5 Å². The first kappa shape index (κ1) is 22.9. The summed E-state index contributed by atoms with van der Waals surface area (Å²) < 4.78 is 16.9. The number of carbonyl (C=O) groups excluding carboxylic acids is 1. The van der Waals surface area contributed by atoms with E-state index in [4.69, 9.17) is 14.2 Å². The Bertz CT molecular complexity index is 878. The molecule has 0 N–H and O–H groups in total. The van der Waals surface area contributed by atoms with Gasteiger partial charge in [0.15, 0.2) is 11.5 Å². The predicted octanol–water partition coefficient (Wildman–Crippen LogP) is 5.05. The van der Waals surface area contributed by atoms with Crippen LogP contribution >= 0.6 is 0 Å². The van der Waals surface area contributed by atoms with Gasteiger partial charge < -0.3 is 19.1 Å². The molecule has 5 nitrogen and oxygen atoms in total. The average Bonchev–Trinajstić information content (AvgIpc) is 3.30. The highest BCUT2D eigenvalue weighted by Crippen LogP contribution is 2.31. The smallest absolute Gasteiger partial charge is 0.254 e. The number of rotatable bonds is 10. The fraction of sp³-hybridized carbons (Fsp3) is 0.423. The van der Waals surface area contributed by atoms with E-state index in [1.165, 1.54) is 0 Å². The van der Waals surface area contributed by atoms with Gasteiger partial charge in [-0.3, -0.25) is 4.79 Å². The minimum Gasteiger partial charge on any atom is -0.493 e. The molecule has 0 aromatic heterocycles. The third-order valence-corrected chi connectivity index (χ3v) is 5.58. The molecule has 2 aromatic rings. The Labute approximate surface area is 185 Å². The van der Waals surface area contributed by atoms with Gasteiger partial charge in [0.1, 0.15) is 0 Å². The third-order valence-electron chi connectivity index (χ3n) is 5.58. The van der Waals surface area contributed by atoms with Crippen LogP contribution in [0.5, 0.6) is 11.5 Å². The summed E-state index contributed by atoms with van der Waals surface area (Å²) in [4.78, 5) is 15.3. The Hall–Kier alpha value is -2.79. The molecule has 1 saturated heterocycles. The highest BCUT2D eigenvalue weighted by atomic mass is 16.5. The maximum Gasteiger partial charge on any atom is 0.254 e. The van der Waals surface area contributed by atoms with Crippen molar-refractivity contribution < 1.29 is 19.0 Å². The van der Waals surface area contributed by atoms with Crippen LogP contribution < -0.4 is 9.47 Å². The molecule has 2 aromatic carbocycles. The largest absolute Gasteiger partial charge is 0.493 e. The Kier molecular flexibility index (Phi) is 8.53. The van der Waals surface area contributed by atoms with Crippen LogP contribution in [0.3, 0.4) is 0 Å². The summed E-state index contributed by atoms with van der Waals surface area (Å²) in [6, 6.07) is 15.6. The Morgan fingerprint density at radius 3 is 2.58 bits per heavy atom. The van der Waals surface area contributed by atoms with Gasteiger partial charge >= 0.3 is 0 Å². The summed E-state index contributed by atoms with van der Waals surface area (Å²) in [5.41, 5.74) is 2.45. The maximum absolute atomic E-state index is 13.4. The standard InChI is InChI=1S/C26H33NO4/c1-4-5-9-16-31-24-13-12-20(18-25(24)30-3)17-23(21-10-7-6-8-11-21)26(28)27-15-14-22(19-27)29-2/h6-8,10-13,17-18,22H,4-5,9,14-16,19H2,1-3H3/b23-17+. The molecule has 1 aliphatic rings. The molecule has 0 spiro atoms. The van der Waals surface area contributed by atoms with Crippen molar-refractivity contribution in [3.8, 4) is 11.5 Å². The van der Waals surface area contributed by atoms with Crippen molar-refractivity contribution in [3.05, 3.63) is 59.7 Å². The van der Waals surface area contributed by atoms with E-state index in [1.807, 2.05) is 59.5 Å². The molecular weight excluding hydrogens is 390 g/mol. The van der Waals surface area contributed by atoms with E-state index in [2.05, 4.69) is 6.92 Å². The van der Waals surface area contributed by atoms with Gasteiger partial charge in [-0.2, -0.15) is 0 Å². The second-order valence-electron chi connectivity index (χ2n) is 7.79. The zero-order valence-corrected chi connectivity index (χ0v) is 18.8. The van der Waals surface area contributed by atoms with Crippen molar-refractivity contribution in [3.63, 3.8) is 0 Å². The summed E-state index contributed by atoms with van der Waals surface area (Å²) in [6.45, 7) is 4.16. The van der Waals surface area contributed by atoms with Crippen molar-refractivity contribution in [1.82, 2.24) is 4.90 Å². The maximum atomic E-state index is 13.4. The van der Waals surface area contributed by atoms with Gasteiger partial charge in [-0.15, -0.1) is 0 Å². The quantitative estimate of drug-likeness (QED) is 0.305. The molecule has 31 heavy (non-hydrogen) atoms. The molecule has 0 radical (unpaired) electrons. The summed E-state index contributed by atoms with van der Waals surface area (Å²) in [5.74, 6) is 1.42. The predicted molar refractivity (Wildman–Crippen MR) is 124 cm³/mol. The summed E-state index contributed by atoms with van der Waals surface area (Å²) in [5, 5.41) is 0. The van der Waals surface area contributed by atoms with Crippen molar-refractivity contribution in [1.29, 1.82) is 0 Å². The number of hydrogen-bond donors (Lipinski definition) is 0. The van der Waals surface area contributed by atoms with E-state index in [1.54, 1.807) is 14.2 Å². The Morgan fingerprint density at radius 1 is 1.10 bits per heavy atom. The van der Waals surface area contributed by atoms with Crippen molar-refractivity contribution >= 4 is 17.6 Å². The fourth-order valence-electron chi connectivity index (χ4n) is 3.76. The SMILES string of the molecule is CCCCCOc1ccc(/C=C(/C(=O)N2CCC(OC)C2)c2ccccc2)cc1OC. The molecule has 3 rings (SSSR count). The van der Waals surface area contributed by atoms with Crippen LogP contribution in [0, 0.1) is 0 Å². The average molecular weight is 424 g/mol. The van der Waals surface area contributed by atoms with Gasteiger partial charge in [0.05, 0.1) is 19.8 Å². The number of ether oxygens (including phenoxy) is 3. The first-order valence-electron chi connectivity index (χ1n) is 11.1. The first-order chi connectivity index (χ1) is 15.2. The minimum atomic E-state index is 0.0182. The number of likely N-dealkylation sites (tertiary alicyclic amines) is 1. The van der Waals surface area contributed by atoms with Crippen LogP contribution in [0.4, 0.5) is 0 Å². The molecular formula is C26H33NO4. The molecule has 0 bridgehead atoms. The van der Waals surface area contributed by atoms with Gasteiger partial charge in [-0.25, -0.2) is 0 Å². The van der Waals surface area contributed by atoms with Gasteiger partial charge in [0.25, 0.3) is 5.91 Å². The summed E-state index contributed by atoms with van der Waals surface area (Å²) >= 11 is 0. The van der Waals surface area contributed by atoms with E-state index >= 15 is 0 Å². The van der Waals surface area contributed by atoms with Crippen molar-refractivity contribution in [2.75, 3.05) is 33.9 Å². The lowest BCUT2D eigenvalue weighted by Gasteiger charge is -2.19. The van der Waals surface area contributed by atoms with E-state index in [0.29, 0.717) is 31.0 Å². The van der Waals surface area contributed by atoms with Gasteiger partial charge in [0.2, 0.25) is 0 Å². The van der Waals surface area contributed by atoms with Crippen molar-refractivity contribution in [2.45, 2.75) is 38.7 Å². The third kappa shape index (κ3) is 6.11. The number of nitrogens with zero attached hydrogens (tertiary/aromatic N) is 1. The van der Waals surface area contributed by atoms with Crippen LogP contribution in [-0.4, -0.2) is 50.8 Å². The lowest BCUT2D eigenvalue weighted by atomic mass is 10.0. The van der Waals surface area contributed by atoms with E-state index in [9.17, 15) is 4.79 Å². The molecule has 1 heterocycles. The lowest BCUT2D eigenvalue weighted by molar-refractivity contribution is -0.124. The van der Waals surface area contributed by atoms with Gasteiger partial charge in [-0.05, 0) is 42.2 Å². The number of carbonyl (C=O) groups is 1. The topological polar surface area (TPSA) is 48.0 Å². The highest BCUT2D eigenvalue weighted by molar-refractivity contribution is 6.24. The number of hydrogen-bond acceptors (Lipinski definition) is 4. The normalized spacial score (nSPS) is 16.4. The molecule has 0 saturated carbocycles. The van der Waals surface area contributed by atoms with Crippen LogP contribution in [0.1, 0.15) is 43.7 Å². The molecule has 0 aliphatic carbocycles. The van der Waals surface area contributed by atoms with Gasteiger partial charge in [0, 0.05) is 25.8 Å². The van der Waals surface area contributed by atoms with Gasteiger partial charge in [-0.1, -0.05) is 56.2 Å². The molecule has 1 fully saturated rings. The molecule has 5 heteroatoms. The molecule has 166 valence electrons. The molecule has 1 aliphatic heterocycles. The number of benzene rings is 2. The van der Waals surface area contributed by atoms with E-state index in [-0.39, 0.29) is 12.0 Å². The van der Waals surface area contributed by atoms with Crippen LogP contribution in [0.25, 0.3) is 11.6 Å². The number of unbranched alkanes of at least 4 members (excludes halogenated alkanes) is 2. The van der Waals surface area contributed by atoms with Crippen LogP contribution in [0.2, 0.25) is 0 Å². The first-order valence-corrected chi connectivity index (χ1v) is 11.1. The number of amides is 1. The number of methoxy groups -OCH3 is 2. The van der Waals surface area contributed by atoms with E-state index in [0.717, 1.165) is 42.6 Å². The summed E-state index contributed by atoms with van der Waals surface area (Å²) in [7, 11) is 3.34. The monoisotopic (exact) mass is 423 g/mol. The van der Waals surface area contributed by atoms with E-state index < -0.39 is 0 Å². The zero-order chi connectivity index (χ0) is 22.1. The zero-order valence-electron chi connectivity index (χ0n) is 18.8. The lowest BCUT2D eigenvalue weighted by Crippen LogP contribution is -2.30. The second-order valence-corrected chi connectivity index (χ2v) is 7.79. The Morgan fingerprint density at radius 2 is 1.90 bits per heavy atom. The highest BCUT2D eigenvalue weighted by Gasteiger charge is 2.28. The molecule has 1 atom stereocenters. The second kappa shape index (κ2) is 11.6. The van der Waals surface area contributed by atoms with Crippen molar-refractivity contribution in [2.24, 2.45) is 0 Å². The molecule has 1 amide bonds. The molecule has 1 unspecified atom stereocenters. The minimum absolute atomic E-state index is 0.0182. The van der Waals surface area contributed by atoms with Crippen LogP contribution in [-0.2, 0) is 9.53 Å².